The maximum Gasteiger partial charge on any atom is 0.334 e. The van der Waals surface area contributed by atoms with Crippen LogP contribution in [0.4, 0.5) is 4.79 Å². The number of nitrogens with one attached hydrogen (secondary N) is 1. The van der Waals surface area contributed by atoms with Gasteiger partial charge in [-0.25, -0.2) is 9.59 Å². The Bertz CT molecular complexity index is 290. The van der Waals surface area contributed by atoms with Gasteiger partial charge >= 0.3 is 12.0 Å². The molecule has 0 rings (SSSR count). The Labute approximate surface area is 125 Å². The van der Waals surface area contributed by atoms with Gasteiger partial charge in [-0.1, -0.05) is 0 Å². The number of carbonyl (C=O) groups is 2. The summed E-state index contributed by atoms with van der Waals surface area (Å²) in [6.07, 6.45) is -1.06. The summed E-state index contributed by atoms with van der Waals surface area (Å²) in [5.74, 6) is -1.12. The minimum atomic E-state index is -1.12. The standard InChI is InChI=1S/C13H26N2O6/c1-4-20-8-6-15(7-9-21-5-2)13(18)14-10-11(19-3)12(16)17/h11H,4-10H2,1-3H3,(H,14,18)(H,16,17). The molecule has 2 N–H and O–H groups in total. The molecule has 0 heterocycles. The number of nitrogens with zero attached hydrogens (tertiary/aromatic N) is 1. The first-order valence-electron chi connectivity index (χ1n) is 7.00. The van der Waals surface area contributed by atoms with Crippen LogP contribution in [0.3, 0.4) is 0 Å². The quantitative estimate of drug-likeness (QED) is 0.499. The average Bonchev–Trinajstić information content (AvgIpc) is 2.46. The van der Waals surface area contributed by atoms with Gasteiger partial charge in [0.1, 0.15) is 0 Å². The highest BCUT2D eigenvalue weighted by Gasteiger charge is 2.19. The first-order chi connectivity index (χ1) is 10.1. The number of rotatable bonds is 12. The molecule has 1 atom stereocenters. The van der Waals surface area contributed by atoms with E-state index in [4.69, 9.17) is 19.3 Å². The Kier molecular flexibility index (Phi) is 11.6. The third kappa shape index (κ3) is 9.22. The van der Waals surface area contributed by atoms with Crippen molar-refractivity contribution in [2.24, 2.45) is 0 Å². The summed E-state index contributed by atoms with van der Waals surface area (Å²) in [6, 6.07) is -0.363. The van der Waals surface area contributed by atoms with Crippen molar-refractivity contribution in [3.05, 3.63) is 0 Å². The largest absolute Gasteiger partial charge is 0.479 e. The van der Waals surface area contributed by atoms with Crippen molar-refractivity contribution in [3.63, 3.8) is 0 Å². The Balaban J connectivity index is 4.29. The molecule has 0 aliphatic heterocycles. The fourth-order valence-corrected chi connectivity index (χ4v) is 1.52. The summed E-state index contributed by atoms with van der Waals surface area (Å²) in [7, 11) is 1.28. The van der Waals surface area contributed by atoms with Crippen molar-refractivity contribution in [1.29, 1.82) is 0 Å². The molecule has 0 bridgehead atoms. The third-order valence-electron chi connectivity index (χ3n) is 2.71. The van der Waals surface area contributed by atoms with Gasteiger partial charge in [-0.3, -0.25) is 0 Å². The van der Waals surface area contributed by atoms with Crippen molar-refractivity contribution in [1.82, 2.24) is 10.2 Å². The van der Waals surface area contributed by atoms with Crippen molar-refractivity contribution in [3.8, 4) is 0 Å². The maximum absolute atomic E-state index is 12.0. The molecule has 8 heteroatoms. The third-order valence-corrected chi connectivity index (χ3v) is 2.71. The van der Waals surface area contributed by atoms with E-state index >= 15 is 0 Å². The monoisotopic (exact) mass is 306 g/mol. The molecule has 0 aromatic carbocycles. The lowest BCUT2D eigenvalue weighted by Gasteiger charge is -2.23. The number of hydrogen-bond donors (Lipinski definition) is 2. The van der Waals surface area contributed by atoms with Gasteiger partial charge in [-0.05, 0) is 13.8 Å². The van der Waals surface area contributed by atoms with Crippen LogP contribution < -0.4 is 5.32 Å². The van der Waals surface area contributed by atoms with Gasteiger partial charge < -0.3 is 29.5 Å². The molecular formula is C13H26N2O6. The van der Waals surface area contributed by atoms with E-state index in [1.165, 1.54) is 12.0 Å². The number of aliphatic carboxylic acids is 1. The Morgan fingerprint density at radius 2 is 1.67 bits per heavy atom. The Morgan fingerprint density at radius 3 is 2.05 bits per heavy atom. The Morgan fingerprint density at radius 1 is 1.14 bits per heavy atom. The van der Waals surface area contributed by atoms with Crippen LogP contribution in [0.2, 0.25) is 0 Å². The van der Waals surface area contributed by atoms with Gasteiger partial charge in [0.05, 0.1) is 19.8 Å². The van der Waals surface area contributed by atoms with Gasteiger partial charge in [0.25, 0.3) is 0 Å². The van der Waals surface area contributed by atoms with E-state index in [9.17, 15) is 9.59 Å². The molecule has 0 aromatic heterocycles. The summed E-state index contributed by atoms with van der Waals surface area (Å²) < 4.78 is 15.2. The fourth-order valence-electron chi connectivity index (χ4n) is 1.52. The van der Waals surface area contributed by atoms with Gasteiger partial charge in [-0.2, -0.15) is 0 Å². The summed E-state index contributed by atoms with van der Waals surface area (Å²) in [4.78, 5) is 24.4. The lowest BCUT2D eigenvalue weighted by molar-refractivity contribution is -0.148. The number of carboxylic acids is 1. The smallest absolute Gasteiger partial charge is 0.334 e. The molecule has 124 valence electrons. The molecule has 0 radical (unpaired) electrons. The SMILES string of the molecule is CCOCCN(CCOCC)C(=O)NCC(OC)C(=O)O. The van der Waals surface area contributed by atoms with Crippen LogP contribution in [0.25, 0.3) is 0 Å². The van der Waals surface area contributed by atoms with Crippen LogP contribution in [-0.4, -0.2) is 81.3 Å². The van der Waals surface area contributed by atoms with Gasteiger partial charge in [0.15, 0.2) is 6.10 Å². The highest BCUT2D eigenvalue weighted by atomic mass is 16.5. The summed E-state index contributed by atoms with van der Waals surface area (Å²) >= 11 is 0. The van der Waals surface area contributed by atoms with Crippen LogP contribution in [-0.2, 0) is 19.0 Å². The average molecular weight is 306 g/mol. The van der Waals surface area contributed by atoms with Crippen molar-refractivity contribution in [2.45, 2.75) is 20.0 Å². The Hall–Kier alpha value is -1.38. The van der Waals surface area contributed by atoms with E-state index in [2.05, 4.69) is 5.32 Å². The van der Waals surface area contributed by atoms with Crippen molar-refractivity contribution < 1.29 is 28.9 Å². The predicted octanol–water partition coefficient (Wildman–Crippen LogP) is 0.171. The number of carboxylic acid groups (broad SMARTS) is 1. The molecule has 0 saturated heterocycles. The summed E-state index contributed by atoms with van der Waals surface area (Å²) in [6.45, 7) is 6.48. The number of methoxy groups -OCH3 is 1. The second-order valence-corrected chi connectivity index (χ2v) is 4.13. The summed E-state index contributed by atoms with van der Waals surface area (Å²) in [5.41, 5.74) is 0. The lowest BCUT2D eigenvalue weighted by Crippen LogP contribution is -2.47. The second kappa shape index (κ2) is 12.4. The molecular weight excluding hydrogens is 280 g/mol. The van der Waals surface area contributed by atoms with E-state index < -0.39 is 12.1 Å². The second-order valence-electron chi connectivity index (χ2n) is 4.13. The van der Waals surface area contributed by atoms with E-state index in [1.807, 2.05) is 13.8 Å². The first-order valence-corrected chi connectivity index (χ1v) is 7.00. The van der Waals surface area contributed by atoms with Crippen LogP contribution in [0.5, 0.6) is 0 Å². The van der Waals surface area contributed by atoms with E-state index in [0.717, 1.165) is 0 Å². The first kappa shape index (κ1) is 19.6. The van der Waals surface area contributed by atoms with E-state index in [-0.39, 0.29) is 12.6 Å². The number of hydrogen-bond acceptors (Lipinski definition) is 5. The van der Waals surface area contributed by atoms with Crippen LogP contribution >= 0.6 is 0 Å². The molecule has 0 aliphatic carbocycles. The van der Waals surface area contributed by atoms with Gasteiger partial charge in [0.2, 0.25) is 0 Å². The molecule has 0 spiro atoms. The number of urea groups is 1. The highest BCUT2D eigenvalue weighted by molar-refractivity contribution is 5.77. The molecule has 0 aliphatic rings. The van der Waals surface area contributed by atoms with Crippen LogP contribution in [0, 0.1) is 0 Å². The zero-order chi connectivity index (χ0) is 16.1. The molecule has 8 nitrogen and oxygen atoms in total. The molecule has 2 amide bonds. The van der Waals surface area contributed by atoms with Crippen LogP contribution in [0.1, 0.15) is 13.8 Å². The molecule has 0 saturated carbocycles. The molecule has 1 unspecified atom stereocenters. The minimum absolute atomic E-state index is 0.0928. The number of amides is 2. The zero-order valence-corrected chi connectivity index (χ0v) is 13.0. The van der Waals surface area contributed by atoms with E-state index in [0.29, 0.717) is 39.5 Å². The van der Waals surface area contributed by atoms with Crippen LogP contribution in [0.15, 0.2) is 0 Å². The van der Waals surface area contributed by atoms with Gasteiger partial charge in [0, 0.05) is 33.4 Å². The number of ether oxygens (including phenoxy) is 3. The molecule has 0 fully saturated rings. The predicted molar refractivity (Wildman–Crippen MR) is 76.4 cm³/mol. The zero-order valence-electron chi connectivity index (χ0n) is 13.0. The normalized spacial score (nSPS) is 12.0. The van der Waals surface area contributed by atoms with Gasteiger partial charge in [-0.15, -0.1) is 0 Å². The maximum atomic E-state index is 12.0. The fraction of sp³-hybridized carbons (Fsp3) is 0.846. The topological polar surface area (TPSA) is 97.3 Å². The van der Waals surface area contributed by atoms with Crippen molar-refractivity contribution >= 4 is 12.0 Å². The molecule has 0 aromatic rings. The van der Waals surface area contributed by atoms with Crippen molar-refractivity contribution in [2.75, 3.05) is 53.2 Å². The lowest BCUT2D eigenvalue weighted by atomic mass is 10.3. The van der Waals surface area contributed by atoms with E-state index in [1.54, 1.807) is 0 Å². The summed E-state index contributed by atoms with van der Waals surface area (Å²) in [5, 5.41) is 11.4. The minimum Gasteiger partial charge on any atom is -0.479 e. The highest BCUT2D eigenvalue weighted by Crippen LogP contribution is 1.94. The number of carbonyl (C=O) groups excluding carboxylic acids is 1. The molecule has 21 heavy (non-hydrogen) atoms.